The first-order valence-corrected chi connectivity index (χ1v) is 32.3. The van der Waals surface area contributed by atoms with Crippen molar-refractivity contribution in [1.82, 2.24) is 22.5 Å². The monoisotopic (exact) mass is 1300 g/mol. The number of ether oxygens (including phenoxy) is 6. The van der Waals surface area contributed by atoms with Crippen LogP contribution in [0.1, 0.15) is 75.0 Å². The van der Waals surface area contributed by atoms with Crippen LogP contribution in [-0.2, 0) is 27.2 Å². The number of amides is 1. The molecule has 7 aromatic rings. The molecule has 0 fully saturated rings. The van der Waals surface area contributed by atoms with Crippen molar-refractivity contribution in [2.75, 3.05) is 48.0 Å². The van der Waals surface area contributed by atoms with Crippen LogP contribution in [0.3, 0.4) is 0 Å². The zero-order chi connectivity index (χ0) is 61.5. The zero-order valence-corrected chi connectivity index (χ0v) is 54.4. The Balaban J connectivity index is 0.000000368. The molecule has 440 valence electrons. The maximum absolute atomic E-state index is 13.0. The number of rotatable bonds is 14. The number of halogens is 6. The Kier molecular flexibility index (Phi) is 33.7. The van der Waals surface area contributed by atoms with Crippen LogP contribution in [-0.4, -0.2) is 121 Å². The van der Waals surface area contributed by atoms with Gasteiger partial charge in [-0.2, -0.15) is 22.6 Å². The second kappa shape index (κ2) is 38.2. The van der Waals surface area contributed by atoms with Gasteiger partial charge in [0.05, 0.1) is 95.5 Å². The summed E-state index contributed by atoms with van der Waals surface area (Å²) >= 11 is 15.1. The zero-order valence-electron chi connectivity index (χ0n) is 47.1. The van der Waals surface area contributed by atoms with Crippen molar-refractivity contribution in [3.63, 3.8) is 0 Å². The highest BCUT2D eigenvalue weighted by Crippen LogP contribution is 2.34. The van der Waals surface area contributed by atoms with Gasteiger partial charge < -0.3 is 33.5 Å². The number of fused-ring (bicyclic) bond motifs is 2. The number of ketones is 1. The lowest BCUT2D eigenvalue weighted by molar-refractivity contribution is -0.136. The molecule has 2 aromatic heterocycles. The first kappa shape index (κ1) is 72.3. The fraction of sp³-hybridized carbons (Fsp3) is 0.304. The van der Waals surface area contributed by atoms with Crippen molar-refractivity contribution >= 4 is 150 Å². The normalized spacial score (nSPS) is 11.3. The number of hydrogen-bond acceptors (Lipinski definition) is 17. The van der Waals surface area contributed by atoms with Crippen LogP contribution >= 0.6 is 88.4 Å². The van der Waals surface area contributed by atoms with Crippen molar-refractivity contribution in [2.45, 2.75) is 66.3 Å². The predicted octanol–water partition coefficient (Wildman–Crippen LogP) is 14.4. The van der Waals surface area contributed by atoms with E-state index in [9.17, 15) is 19.2 Å². The lowest BCUT2D eigenvalue weighted by atomic mass is 9.94. The molecule has 0 saturated heterocycles. The van der Waals surface area contributed by atoms with E-state index in [-0.39, 0.29) is 29.9 Å². The number of allylic oxidation sites excluding steroid dienone is 4. The maximum Gasteiger partial charge on any atom is 0.643 e. The summed E-state index contributed by atoms with van der Waals surface area (Å²) in [7, 11) is 24.4. The van der Waals surface area contributed by atoms with Crippen molar-refractivity contribution in [2.24, 2.45) is 5.10 Å². The predicted molar refractivity (Wildman–Crippen MR) is 335 cm³/mol. The lowest BCUT2D eigenvalue weighted by Gasteiger charge is -2.28. The topological polar surface area (TPSA) is 211 Å². The third-order valence-corrected chi connectivity index (χ3v) is 11.7. The molecular formula is C56H63AlCl6N6O11S2. The largest absolute Gasteiger partial charge is 0.643 e. The number of aromatic nitrogens is 4. The van der Waals surface area contributed by atoms with Crippen LogP contribution in [0.2, 0.25) is 0 Å². The highest BCUT2D eigenvalue weighted by molar-refractivity contribution is 7.54. The van der Waals surface area contributed by atoms with Crippen LogP contribution in [0.5, 0.6) is 34.5 Å². The summed E-state index contributed by atoms with van der Waals surface area (Å²) in [4.78, 5) is 45.1. The number of nitrogens with zero attached hydrogens (tertiary/aromatic N) is 6. The molecule has 1 amide bonds. The molecular weight excluding hydrogens is 1240 g/mol. The molecule has 5 aromatic carbocycles. The van der Waals surface area contributed by atoms with Crippen LogP contribution in [0.4, 0.5) is 0 Å². The number of benzene rings is 5. The van der Waals surface area contributed by atoms with E-state index in [0.717, 1.165) is 78.8 Å². The summed E-state index contributed by atoms with van der Waals surface area (Å²) < 4.78 is 47.5. The minimum Gasteiger partial charge on any atom is -0.493 e. The standard InChI is InChI=1S/C21H22N4O3S.C13H16O3.C8H6N2O2S.C8H10O2.C5H7ClO.CH2Cl2.Al.3ClH/c1-21(2)12-17(14-6-8-18(27-3)19(11-14)28-4)22-25(21)20(26)10-13-5-7-15-16(9-13)24-29-23-15;1-9(2)7-11(14)10-5-6-12(15-3)13(8-10)16-4;11-8(12)4-5-1-2-6-7(3-5)10-13-9-6;1-9-7-5-3-4-6-8(7)10-2;1-4(2)3-5(6)7;2-1-3;;;;/h5-9,11H,10,12H2,1-4H3;5-8H,1-4H3;1-3H,4H2,(H,11,12);3-6H,1-2H3;3H,1-2H3;1H2;;3*1H/q;;;;;;+3;;;/p-3. The number of carbonyl (C=O) groups is 4. The summed E-state index contributed by atoms with van der Waals surface area (Å²) in [6.45, 7) is 11.5. The summed E-state index contributed by atoms with van der Waals surface area (Å²) in [5, 5.41) is 14.6. The molecule has 0 unspecified atom stereocenters. The second-order valence-electron chi connectivity index (χ2n) is 17.6. The Hall–Kier alpha value is -5.76. The van der Waals surface area contributed by atoms with Gasteiger partial charge in [0.25, 0.3) is 0 Å². The Bertz CT molecular complexity index is 3240. The van der Waals surface area contributed by atoms with Gasteiger partial charge in [-0.25, -0.2) is 35.2 Å². The van der Waals surface area contributed by atoms with Crippen molar-refractivity contribution in [1.29, 1.82) is 0 Å². The minimum atomic E-state index is -1.72. The lowest BCUT2D eigenvalue weighted by Crippen LogP contribution is -2.41. The smallest absolute Gasteiger partial charge is 0.493 e. The van der Waals surface area contributed by atoms with E-state index in [0.29, 0.717) is 35.0 Å². The molecule has 17 nitrogen and oxygen atoms in total. The summed E-state index contributed by atoms with van der Waals surface area (Å²) in [5.41, 5.74) is 8.77. The van der Waals surface area contributed by atoms with Crippen molar-refractivity contribution < 1.29 is 52.7 Å². The van der Waals surface area contributed by atoms with Gasteiger partial charge in [0.15, 0.2) is 40.3 Å². The molecule has 1 N–H and O–H groups in total. The first-order chi connectivity index (χ1) is 38.9. The van der Waals surface area contributed by atoms with Crippen molar-refractivity contribution in [3.8, 4) is 34.5 Å². The molecule has 0 atom stereocenters. The molecule has 0 aliphatic carbocycles. The fourth-order valence-electron chi connectivity index (χ4n) is 6.99. The summed E-state index contributed by atoms with van der Waals surface area (Å²) in [6.07, 6.45) is 3.93. The van der Waals surface area contributed by atoms with E-state index < -0.39 is 28.1 Å². The average molecular weight is 1300 g/mol. The van der Waals surface area contributed by atoms with Gasteiger partial charge in [-0.1, -0.05) is 35.4 Å². The van der Waals surface area contributed by atoms with Crippen LogP contribution < -0.4 is 28.4 Å². The number of alkyl halides is 2. The maximum atomic E-state index is 13.0. The third-order valence-electron chi connectivity index (χ3n) is 10.5. The van der Waals surface area contributed by atoms with E-state index in [1.54, 1.807) is 90.1 Å². The Morgan fingerprint density at radius 2 is 1.01 bits per heavy atom. The van der Waals surface area contributed by atoms with Gasteiger partial charge in [0.2, 0.25) is 11.1 Å². The molecule has 0 radical (unpaired) electrons. The molecule has 3 heterocycles. The van der Waals surface area contributed by atoms with Crippen LogP contribution in [0.15, 0.2) is 125 Å². The molecule has 0 saturated carbocycles. The number of methoxy groups -OCH3 is 6. The summed E-state index contributed by atoms with van der Waals surface area (Å²) in [5.74, 6) is 3.12. The Morgan fingerprint density at radius 3 is 1.43 bits per heavy atom. The Morgan fingerprint density at radius 1 is 0.598 bits per heavy atom. The van der Waals surface area contributed by atoms with Gasteiger partial charge in [0, 0.05) is 17.5 Å². The van der Waals surface area contributed by atoms with Gasteiger partial charge in [-0.3, -0.25) is 19.2 Å². The molecule has 0 bridgehead atoms. The molecule has 8 rings (SSSR count). The number of aliphatic carboxylic acids is 1. The number of carboxylic acids is 1. The molecule has 26 heteroatoms. The first-order valence-electron chi connectivity index (χ1n) is 24.1. The van der Waals surface area contributed by atoms with Gasteiger partial charge >= 0.3 is 17.4 Å². The number of carbonyl (C=O) groups excluding carboxylic acids is 3. The Labute approximate surface area is 518 Å². The molecule has 1 aliphatic heterocycles. The SMILES string of the molecule is CC(C)=CC(=O)Cl.COc1ccc(C(=O)C=C(C)C)cc1OC.COc1ccc(C2=NN(C(=O)Cc3ccc4nsnc4c3)C(C)(C)C2)cc1OC.COc1ccccc1OC.ClCCl.O=C(O)Cc1ccc2nsnc2c1.[Cl][Al]([Cl])[Cl]. The second-order valence-corrected chi connectivity index (χ2v) is 26.3. The molecule has 1 aliphatic rings. The number of para-hydroxylation sites is 2. The van der Waals surface area contributed by atoms with E-state index in [1.165, 1.54) is 17.8 Å². The van der Waals surface area contributed by atoms with Gasteiger partial charge in [0.1, 0.15) is 22.1 Å². The van der Waals surface area contributed by atoms with E-state index >= 15 is 0 Å². The van der Waals surface area contributed by atoms with Gasteiger partial charge in [-0.05, 0) is 149 Å². The van der Waals surface area contributed by atoms with Crippen LogP contribution in [0.25, 0.3) is 22.1 Å². The van der Waals surface area contributed by atoms with Gasteiger partial charge in [-0.15, -0.1) is 23.2 Å². The van der Waals surface area contributed by atoms with E-state index in [1.807, 2.05) is 102 Å². The van der Waals surface area contributed by atoms with E-state index in [4.69, 9.17) is 98.5 Å². The van der Waals surface area contributed by atoms with Crippen molar-refractivity contribution in [3.05, 3.63) is 143 Å². The molecule has 82 heavy (non-hydrogen) atoms. The molecule has 0 spiro atoms. The number of hydrogen-bond donors (Lipinski definition) is 1. The highest BCUT2D eigenvalue weighted by Gasteiger charge is 2.38. The van der Waals surface area contributed by atoms with Crippen LogP contribution in [0, 0.1) is 0 Å². The number of hydrazone groups is 1. The quantitative estimate of drug-likeness (QED) is 0.0353. The summed E-state index contributed by atoms with van der Waals surface area (Å²) in [6, 6.07) is 29.4. The number of carboxylic acid groups (broad SMARTS) is 1. The minimum absolute atomic E-state index is 0.0269. The average Bonchev–Trinajstić information content (AvgIpc) is 4.40. The van der Waals surface area contributed by atoms with E-state index in [2.05, 4.69) is 22.6 Å². The third kappa shape index (κ3) is 25.8. The fourth-order valence-corrected chi connectivity index (χ4v) is 8.25. The highest BCUT2D eigenvalue weighted by atomic mass is 35.8.